The van der Waals surface area contributed by atoms with Crippen LogP contribution in [0.4, 0.5) is 0 Å². The Morgan fingerprint density at radius 1 is 1.33 bits per heavy atom. The Bertz CT molecular complexity index is 1270. The molecule has 2 N–H and O–H groups in total. The van der Waals surface area contributed by atoms with Crippen LogP contribution in [0.25, 0.3) is 0 Å². The second-order valence-electron chi connectivity index (χ2n) is 8.35. The van der Waals surface area contributed by atoms with E-state index < -0.39 is 48.2 Å². The van der Waals surface area contributed by atoms with Gasteiger partial charge in [-0.2, -0.15) is 0 Å². The quantitative estimate of drug-likeness (QED) is 0.259. The van der Waals surface area contributed by atoms with Crippen molar-refractivity contribution in [3.63, 3.8) is 0 Å². The number of terminal acetylenes is 1. The van der Waals surface area contributed by atoms with Crippen molar-refractivity contribution in [1.82, 2.24) is 14.6 Å². The number of rotatable bonds is 10. The van der Waals surface area contributed by atoms with Crippen molar-refractivity contribution >= 4 is 36.0 Å². The van der Waals surface area contributed by atoms with Crippen LogP contribution in [0.3, 0.4) is 0 Å². The molecule has 1 aromatic carbocycles. The Balaban J connectivity index is 1.75. The van der Waals surface area contributed by atoms with E-state index in [0.29, 0.717) is 17.2 Å². The average molecular weight is 556 g/mol. The molecule has 2 unspecified atom stereocenters. The number of aromatic nitrogens is 2. The molecule has 1 aromatic heterocycles. The zero-order valence-corrected chi connectivity index (χ0v) is 22.3. The SMILES string of the molecule is C#CC1C[C@@H](COP(=S)(N[C@@H](C)C(=O)OC(C)C)Oc2ccc(Cl)cc2)O[C@H]1n1ccc(=O)[nH]c1=O. The number of hydrogen-bond acceptors (Lipinski definition) is 8. The highest BCUT2D eigenvalue weighted by molar-refractivity contribution is 8.09. The molecule has 3 rings (SSSR count). The molecule has 13 heteroatoms. The van der Waals surface area contributed by atoms with Gasteiger partial charge < -0.3 is 18.5 Å². The van der Waals surface area contributed by atoms with Gasteiger partial charge in [-0.05, 0) is 63.3 Å². The fourth-order valence-corrected chi connectivity index (χ4v) is 5.98. The van der Waals surface area contributed by atoms with Crippen molar-refractivity contribution in [2.24, 2.45) is 5.92 Å². The van der Waals surface area contributed by atoms with Crippen molar-refractivity contribution < 1.29 is 23.3 Å². The smallest absolute Gasteiger partial charge is 0.330 e. The number of aromatic amines is 1. The highest BCUT2D eigenvalue weighted by atomic mass is 35.5. The monoisotopic (exact) mass is 555 g/mol. The minimum absolute atomic E-state index is 0.0312. The number of H-pyrrole nitrogens is 1. The standard InChI is InChI=1S/C23H27ClN3O7PS/c1-5-16-12-19(33-21(16)27-11-10-20(28)25-23(27)30)13-31-35(36,26-15(4)22(29)32-14(2)3)34-18-8-6-17(24)7-9-18/h1,6-11,14-16,19,21H,12-13H2,2-4H3,(H,26,36)(H,25,28,30)/t15-,16?,19-,21+,35?/m0/s1. The van der Waals surface area contributed by atoms with Crippen LogP contribution in [-0.2, 0) is 30.6 Å². The van der Waals surface area contributed by atoms with Crippen LogP contribution in [0.2, 0.25) is 5.02 Å². The lowest BCUT2D eigenvalue weighted by molar-refractivity contribution is -0.149. The topological polar surface area (TPSA) is 121 Å². The summed E-state index contributed by atoms with van der Waals surface area (Å²) >= 11 is 11.7. The van der Waals surface area contributed by atoms with Crippen molar-refractivity contribution in [1.29, 1.82) is 0 Å². The van der Waals surface area contributed by atoms with Gasteiger partial charge in [0.05, 0.1) is 24.7 Å². The summed E-state index contributed by atoms with van der Waals surface area (Å²) in [6, 6.07) is 6.92. The molecule has 194 valence electrons. The van der Waals surface area contributed by atoms with Crippen LogP contribution in [-0.4, -0.2) is 40.4 Å². The Morgan fingerprint density at radius 3 is 2.64 bits per heavy atom. The van der Waals surface area contributed by atoms with Crippen LogP contribution in [0.1, 0.15) is 33.4 Å². The molecule has 0 aliphatic carbocycles. The molecule has 0 amide bonds. The highest BCUT2D eigenvalue weighted by Gasteiger charge is 2.38. The first-order valence-corrected chi connectivity index (χ1v) is 14.1. The number of hydrogen-bond donors (Lipinski definition) is 2. The third kappa shape index (κ3) is 7.53. The van der Waals surface area contributed by atoms with E-state index in [1.54, 1.807) is 45.0 Å². The van der Waals surface area contributed by atoms with Crippen LogP contribution in [0.15, 0.2) is 46.1 Å². The zero-order valence-electron chi connectivity index (χ0n) is 19.9. The Kier molecular flexibility index (Phi) is 9.53. The van der Waals surface area contributed by atoms with Gasteiger partial charge in [-0.25, -0.2) is 9.88 Å². The van der Waals surface area contributed by atoms with Gasteiger partial charge in [0.1, 0.15) is 11.8 Å². The molecule has 2 aromatic rings. The number of carbonyl (C=O) groups is 1. The highest BCUT2D eigenvalue weighted by Crippen LogP contribution is 2.46. The zero-order chi connectivity index (χ0) is 26.5. The Hall–Kier alpha value is -2.45. The lowest BCUT2D eigenvalue weighted by atomic mass is 10.0. The summed E-state index contributed by atoms with van der Waals surface area (Å²) < 4.78 is 24.5. The van der Waals surface area contributed by atoms with E-state index in [0.717, 1.165) is 0 Å². The van der Waals surface area contributed by atoms with Gasteiger partial charge in [0, 0.05) is 17.3 Å². The summed E-state index contributed by atoms with van der Waals surface area (Å²) in [7, 11) is 0. The maximum atomic E-state index is 12.4. The van der Waals surface area contributed by atoms with Crippen molar-refractivity contribution in [3.8, 4) is 18.1 Å². The number of halogens is 1. The summed E-state index contributed by atoms with van der Waals surface area (Å²) in [5.41, 5.74) is -1.16. The van der Waals surface area contributed by atoms with E-state index in [1.807, 2.05) is 0 Å². The third-order valence-corrected chi connectivity index (χ3v) is 7.81. The molecule has 10 nitrogen and oxygen atoms in total. The molecule has 1 saturated heterocycles. The Labute approximate surface area is 218 Å². The normalized spacial score (nSPS) is 21.9. The summed E-state index contributed by atoms with van der Waals surface area (Å²) in [5.74, 6) is 2.05. The number of nitrogens with one attached hydrogen (secondary N) is 2. The molecule has 1 fully saturated rings. The fourth-order valence-electron chi connectivity index (χ4n) is 3.42. The summed E-state index contributed by atoms with van der Waals surface area (Å²) in [6.07, 6.45) is 5.73. The molecule has 36 heavy (non-hydrogen) atoms. The maximum Gasteiger partial charge on any atom is 0.330 e. The molecule has 5 atom stereocenters. The minimum Gasteiger partial charge on any atom is -0.462 e. The first kappa shape index (κ1) is 28.1. The van der Waals surface area contributed by atoms with E-state index in [9.17, 15) is 14.4 Å². The first-order chi connectivity index (χ1) is 17.0. The largest absolute Gasteiger partial charge is 0.462 e. The second kappa shape index (κ2) is 12.2. The molecule has 0 radical (unpaired) electrons. The van der Waals surface area contributed by atoms with Gasteiger partial charge in [0.25, 0.3) is 5.56 Å². The van der Waals surface area contributed by atoms with Gasteiger partial charge in [-0.1, -0.05) is 17.5 Å². The first-order valence-electron chi connectivity index (χ1n) is 11.1. The minimum atomic E-state index is -3.31. The van der Waals surface area contributed by atoms with Gasteiger partial charge in [0.15, 0.2) is 6.23 Å². The van der Waals surface area contributed by atoms with Gasteiger partial charge in [-0.15, -0.1) is 6.42 Å². The van der Waals surface area contributed by atoms with E-state index in [4.69, 9.17) is 48.4 Å². The average Bonchev–Trinajstić information content (AvgIpc) is 3.22. The number of esters is 1. The lowest BCUT2D eigenvalue weighted by Crippen LogP contribution is -2.36. The van der Waals surface area contributed by atoms with Gasteiger partial charge in [0.2, 0.25) is 0 Å². The van der Waals surface area contributed by atoms with Crippen LogP contribution in [0, 0.1) is 18.3 Å². The van der Waals surface area contributed by atoms with Crippen molar-refractivity contribution in [2.45, 2.75) is 51.7 Å². The van der Waals surface area contributed by atoms with Crippen LogP contribution >= 0.6 is 18.2 Å². The van der Waals surface area contributed by atoms with Crippen LogP contribution in [0.5, 0.6) is 5.75 Å². The molecule has 2 heterocycles. The van der Waals surface area contributed by atoms with E-state index >= 15 is 0 Å². The van der Waals surface area contributed by atoms with E-state index in [-0.39, 0.29) is 12.7 Å². The number of ether oxygens (including phenoxy) is 2. The van der Waals surface area contributed by atoms with Gasteiger partial charge in [-0.3, -0.25) is 19.1 Å². The second-order valence-corrected chi connectivity index (χ2v) is 11.9. The van der Waals surface area contributed by atoms with Crippen molar-refractivity contribution in [3.05, 3.63) is 62.4 Å². The number of carbonyl (C=O) groups excluding carboxylic acids is 1. The lowest BCUT2D eigenvalue weighted by Gasteiger charge is -2.27. The predicted octanol–water partition coefficient (Wildman–Crippen LogP) is 2.98. The molecule has 1 aliphatic heterocycles. The summed E-state index contributed by atoms with van der Waals surface area (Å²) in [6.45, 7) is 1.74. The molecular formula is C23H27ClN3O7PS. The third-order valence-electron chi connectivity index (χ3n) is 5.06. The fraction of sp³-hybridized carbons (Fsp3) is 0.435. The van der Waals surface area contributed by atoms with Crippen molar-refractivity contribution in [2.75, 3.05) is 6.61 Å². The number of nitrogens with zero attached hydrogens (tertiary/aromatic N) is 1. The molecule has 0 spiro atoms. The van der Waals surface area contributed by atoms with Gasteiger partial charge >= 0.3 is 18.3 Å². The van der Waals surface area contributed by atoms with E-state index in [1.165, 1.54) is 16.8 Å². The van der Waals surface area contributed by atoms with E-state index in [2.05, 4.69) is 16.0 Å². The molecule has 1 aliphatic rings. The van der Waals surface area contributed by atoms with Crippen LogP contribution < -0.4 is 20.9 Å². The molecule has 0 bridgehead atoms. The summed E-state index contributed by atoms with van der Waals surface area (Å²) in [5, 5.41) is 3.47. The maximum absolute atomic E-state index is 12.4. The number of benzene rings is 1. The molecular weight excluding hydrogens is 529 g/mol. The Morgan fingerprint density at radius 2 is 2.03 bits per heavy atom. The predicted molar refractivity (Wildman–Crippen MR) is 138 cm³/mol. The summed E-state index contributed by atoms with van der Waals surface area (Å²) in [4.78, 5) is 38.2. The molecule has 0 saturated carbocycles.